The molecule has 0 spiro atoms. The van der Waals surface area contributed by atoms with E-state index in [0.717, 1.165) is 16.9 Å². The van der Waals surface area contributed by atoms with Gasteiger partial charge in [0.2, 0.25) is 0 Å². The summed E-state index contributed by atoms with van der Waals surface area (Å²) in [4.78, 5) is 15.7. The van der Waals surface area contributed by atoms with Crippen LogP contribution in [-0.2, 0) is 22.5 Å². The molecule has 0 bridgehead atoms. The van der Waals surface area contributed by atoms with Crippen molar-refractivity contribution in [2.45, 2.75) is 25.9 Å². The van der Waals surface area contributed by atoms with Gasteiger partial charge in [0.1, 0.15) is 11.8 Å². The lowest BCUT2D eigenvalue weighted by Crippen LogP contribution is -2.34. The fourth-order valence-electron chi connectivity index (χ4n) is 2.25. The summed E-state index contributed by atoms with van der Waals surface area (Å²) < 4.78 is 12.3. The van der Waals surface area contributed by atoms with Crippen molar-refractivity contribution in [2.24, 2.45) is 5.73 Å². The molecule has 0 amide bonds. The minimum atomic E-state index is -0.658. The Bertz CT molecular complexity index is 611. The van der Waals surface area contributed by atoms with Crippen LogP contribution in [0.1, 0.15) is 18.1 Å². The number of benzene rings is 1. The normalized spacial score (nSPS) is 12.0. The fourth-order valence-corrected chi connectivity index (χ4v) is 2.25. The highest BCUT2D eigenvalue weighted by Gasteiger charge is 2.16. The Morgan fingerprint density at radius 3 is 2.91 bits per heavy atom. The Labute approximate surface area is 129 Å². The number of nitrogens with two attached hydrogens (primary N) is 1. The van der Waals surface area contributed by atoms with Crippen molar-refractivity contribution in [3.05, 3.63) is 48.0 Å². The number of rotatable bonds is 7. The van der Waals surface area contributed by atoms with E-state index in [0.29, 0.717) is 19.6 Å². The van der Waals surface area contributed by atoms with E-state index in [-0.39, 0.29) is 5.97 Å². The molecule has 0 fully saturated rings. The summed E-state index contributed by atoms with van der Waals surface area (Å²) in [5.41, 5.74) is 7.85. The summed E-state index contributed by atoms with van der Waals surface area (Å²) in [6.45, 7) is 2.74. The third-order valence-electron chi connectivity index (χ3n) is 3.30. The van der Waals surface area contributed by atoms with E-state index in [1.807, 2.05) is 29.0 Å². The minimum Gasteiger partial charge on any atom is -0.496 e. The Morgan fingerprint density at radius 2 is 2.27 bits per heavy atom. The van der Waals surface area contributed by atoms with Crippen LogP contribution in [-0.4, -0.2) is 35.3 Å². The number of aromatic nitrogens is 2. The monoisotopic (exact) mass is 303 g/mol. The minimum absolute atomic E-state index is 0.334. The molecule has 1 atom stereocenters. The lowest BCUT2D eigenvalue weighted by atomic mass is 10.0. The maximum atomic E-state index is 11.6. The smallest absolute Gasteiger partial charge is 0.323 e. The van der Waals surface area contributed by atoms with E-state index in [9.17, 15) is 4.79 Å². The Morgan fingerprint density at radius 1 is 1.45 bits per heavy atom. The number of esters is 1. The van der Waals surface area contributed by atoms with Gasteiger partial charge in [-0.05, 0) is 25.0 Å². The first kappa shape index (κ1) is 16.0. The average molecular weight is 303 g/mol. The predicted molar refractivity (Wildman–Crippen MR) is 82.6 cm³/mol. The van der Waals surface area contributed by atoms with E-state index in [2.05, 4.69) is 4.98 Å². The first-order valence-corrected chi connectivity index (χ1v) is 7.17. The molecule has 118 valence electrons. The van der Waals surface area contributed by atoms with Gasteiger partial charge in [-0.1, -0.05) is 12.1 Å². The molecule has 22 heavy (non-hydrogen) atoms. The zero-order chi connectivity index (χ0) is 15.9. The first-order valence-electron chi connectivity index (χ1n) is 7.17. The SMILES string of the molecule is CCOC(=O)C(N)Cc1ccc(OC)c(Cn2ccnc2)c1. The van der Waals surface area contributed by atoms with Crippen LogP contribution in [0, 0.1) is 0 Å². The third kappa shape index (κ3) is 4.08. The summed E-state index contributed by atoms with van der Waals surface area (Å²) in [6.07, 6.45) is 5.79. The van der Waals surface area contributed by atoms with Crippen molar-refractivity contribution in [3.63, 3.8) is 0 Å². The van der Waals surface area contributed by atoms with Crippen molar-refractivity contribution in [2.75, 3.05) is 13.7 Å². The van der Waals surface area contributed by atoms with Gasteiger partial charge in [-0.3, -0.25) is 4.79 Å². The van der Waals surface area contributed by atoms with E-state index < -0.39 is 6.04 Å². The molecule has 1 aromatic carbocycles. The highest BCUT2D eigenvalue weighted by molar-refractivity contribution is 5.75. The van der Waals surface area contributed by atoms with Crippen LogP contribution in [0.15, 0.2) is 36.9 Å². The second-order valence-electron chi connectivity index (χ2n) is 4.94. The zero-order valence-electron chi connectivity index (χ0n) is 12.9. The van der Waals surface area contributed by atoms with Gasteiger partial charge < -0.3 is 19.8 Å². The highest BCUT2D eigenvalue weighted by atomic mass is 16.5. The van der Waals surface area contributed by atoms with E-state index in [1.165, 1.54) is 0 Å². The molecule has 2 aromatic rings. The van der Waals surface area contributed by atoms with Crippen LogP contribution in [0.25, 0.3) is 0 Å². The number of ether oxygens (including phenoxy) is 2. The van der Waals surface area contributed by atoms with Gasteiger partial charge >= 0.3 is 5.97 Å². The summed E-state index contributed by atoms with van der Waals surface area (Å²) in [5.74, 6) is 0.414. The standard InChI is InChI=1S/C16H21N3O3/c1-3-22-16(20)14(17)9-12-4-5-15(21-2)13(8-12)10-19-7-6-18-11-19/h4-8,11,14H,3,9-10,17H2,1-2H3. The molecule has 1 unspecified atom stereocenters. The van der Waals surface area contributed by atoms with Crippen molar-refractivity contribution < 1.29 is 14.3 Å². The van der Waals surface area contributed by atoms with Gasteiger partial charge in [-0.15, -0.1) is 0 Å². The molecule has 6 heteroatoms. The average Bonchev–Trinajstić information content (AvgIpc) is 3.01. The number of methoxy groups -OCH3 is 1. The van der Waals surface area contributed by atoms with Crippen molar-refractivity contribution in [1.29, 1.82) is 0 Å². The summed E-state index contributed by atoms with van der Waals surface area (Å²) in [5, 5.41) is 0. The molecule has 1 heterocycles. The molecule has 0 aliphatic rings. The number of imidazole rings is 1. The fraction of sp³-hybridized carbons (Fsp3) is 0.375. The molecular weight excluding hydrogens is 282 g/mol. The number of nitrogens with zero attached hydrogens (tertiary/aromatic N) is 2. The summed E-state index contributed by atoms with van der Waals surface area (Å²) >= 11 is 0. The van der Waals surface area contributed by atoms with Gasteiger partial charge in [-0.25, -0.2) is 4.98 Å². The summed E-state index contributed by atoms with van der Waals surface area (Å²) in [7, 11) is 1.64. The van der Waals surface area contributed by atoms with Gasteiger partial charge in [0.25, 0.3) is 0 Å². The van der Waals surface area contributed by atoms with Crippen LogP contribution >= 0.6 is 0 Å². The van der Waals surface area contributed by atoms with Crippen molar-refractivity contribution >= 4 is 5.97 Å². The van der Waals surface area contributed by atoms with Crippen LogP contribution in [0.5, 0.6) is 5.75 Å². The van der Waals surface area contributed by atoms with E-state index >= 15 is 0 Å². The Hall–Kier alpha value is -2.34. The summed E-state index contributed by atoms with van der Waals surface area (Å²) in [6, 6.07) is 5.14. The maximum absolute atomic E-state index is 11.6. The van der Waals surface area contributed by atoms with Crippen LogP contribution in [0.2, 0.25) is 0 Å². The number of carbonyl (C=O) groups excluding carboxylic acids is 1. The topological polar surface area (TPSA) is 79.4 Å². The molecule has 2 rings (SSSR count). The molecule has 0 aliphatic carbocycles. The largest absolute Gasteiger partial charge is 0.496 e. The molecule has 0 radical (unpaired) electrons. The molecule has 0 saturated carbocycles. The Balaban J connectivity index is 2.14. The van der Waals surface area contributed by atoms with E-state index in [1.54, 1.807) is 26.6 Å². The molecule has 6 nitrogen and oxygen atoms in total. The molecule has 0 saturated heterocycles. The van der Waals surface area contributed by atoms with E-state index in [4.69, 9.17) is 15.2 Å². The lowest BCUT2D eigenvalue weighted by Gasteiger charge is -2.14. The van der Waals surface area contributed by atoms with Gasteiger partial charge in [-0.2, -0.15) is 0 Å². The zero-order valence-corrected chi connectivity index (χ0v) is 12.9. The number of hydrogen-bond donors (Lipinski definition) is 1. The Kier molecular flexibility index (Phi) is 5.55. The highest BCUT2D eigenvalue weighted by Crippen LogP contribution is 2.21. The van der Waals surface area contributed by atoms with Crippen LogP contribution in [0.4, 0.5) is 0 Å². The van der Waals surface area contributed by atoms with Crippen molar-refractivity contribution in [3.8, 4) is 5.75 Å². The third-order valence-corrected chi connectivity index (χ3v) is 3.30. The number of hydrogen-bond acceptors (Lipinski definition) is 5. The van der Waals surface area contributed by atoms with Gasteiger partial charge in [0.05, 0.1) is 26.6 Å². The van der Waals surface area contributed by atoms with Crippen molar-refractivity contribution in [1.82, 2.24) is 9.55 Å². The first-order chi connectivity index (χ1) is 10.6. The van der Waals surface area contributed by atoms with Crippen LogP contribution < -0.4 is 10.5 Å². The second-order valence-corrected chi connectivity index (χ2v) is 4.94. The second kappa shape index (κ2) is 7.61. The predicted octanol–water partition coefficient (Wildman–Crippen LogP) is 1.37. The van der Waals surface area contributed by atoms with Gasteiger partial charge in [0, 0.05) is 18.0 Å². The molecule has 0 aliphatic heterocycles. The maximum Gasteiger partial charge on any atom is 0.323 e. The van der Waals surface area contributed by atoms with Gasteiger partial charge in [0.15, 0.2) is 0 Å². The molecular formula is C16H21N3O3. The molecule has 1 aromatic heterocycles. The number of carbonyl (C=O) groups is 1. The molecule has 2 N–H and O–H groups in total. The quantitative estimate of drug-likeness (QED) is 0.782. The lowest BCUT2D eigenvalue weighted by molar-refractivity contribution is -0.144. The van der Waals surface area contributed by atoms with Crippen LogP contribution in [0.3, 0.4) is 0 Å².